The van der Waals surface area contributed by atoms with Crippen LogP contribution < -0.4 is 0 Å². The number of allylic oxidation sites excluding steroid dienone is 4. The Kier molecular flexibility index (Phi) is 5.64. The first-order chi connectivity index (χ1) is 12.2. The van der Waals surface area contributed by atoms with Crippen molar-refractivity contribution < 1.29 is 19.0 Å². The van der Waals surface area contributed by atoms with E-state index in [1.54, 1.807) is 0 Å². The van der Waals surface area contributed by atoms with E-state index in [1.165, 1.54) is 18.1 Å². The summed E-state index contributed by atoms with van der Waals surface area (Å²) in [5, 5.41) is 0. The molecule has 0 radical (unpaired) electrons. The van der Waals surface area contributed by atoms with Crippen LogP contribution in [0.15, 0.2) is 23.3 Å². The highest BCUT2D eigenvalue weighted by atomic mass is 16.6. The third-order valence-corrected chi connectivity index (χ3v) is 6.34. The van der Waals surface area contributed by atoms with Gasteiger partial charge in [0.05, 0.1) is 17.8 Å². The van der Waals surface area contributed by atoms with Gasteiger partial charge in [0.2, 0.25) is 0 Å². The number of fused-ring (bicyclic) bond motifs is 1. The van der Waals surface area contributed by atoms with Crippen molar-refractivity contribution in [3.63, 3.8) is 0 Å². The van der Waals surface area contributed by atoms with Gasteiger partial charge in [0.15, 0.2) is 0 Å². The van der Waals surface area contributed by atoms with Crippen molar-refractivity contribution in [2.75, 3.05) is 6.61 Å². The molecule has 0 N–H and O–H groups in total. The van der Waals surface area contributed by atoms with Crippen molar-refractivity contribution in [3.8, 4) is 0 Å². The molecule has 26 heavy (non-hydrogen) atoms. The number of hydrogen-bond acceptors (Lipinski definition) is 4. The lowest BCUT2D eigenvalue weighted by Crippen LogP contribution is -2.41. The Morgan fingerprint density at radius 1 is 1.12 bits per heavy atom. The molecule has 5 unspecified atom stereocenters. The fourth-order valence-electron chi connectivity index (χ4n) is 4.30. The van der Waals surface area contributed by atoms with E-state index in [-0.39, 0.29) is 35.3 Å². The van der Waals surface area contributed by atoms with Gasteiger partial charge in [0.1, 0.15) is 12.2 Å². The highest BCUT2D eigenvalue weighted by molar-refractivity contribution is 5.66. The van der Waals surface area contributed by atoms with Gasteiger partial charge in [-0.05, 0) is 66.2 Å². The van der Waals surface area contributed by atoms with E-state index in [4.69, 9.17) is 14.2 Å². The van der Waals surface area contributed by atoms with Crippen molar-refractivity contribution in [1.29, 1.82) is 0 Å². The van der Waals surface area contributed by atoms with Crippen LogP contribution in [0, 0.1) is 5.92 Å². The molecule has 1 aliphatic carbocycles. The Morgan fingerprint density at radius 3 is 2.42 bits per heavy atom. The summed E-state index contributed by atoms with van der Waals surface area (Å²) >= 11 is 0. The number of hydrogen-bond donors (Lipinski definition) is 0. The van der Waals surface area contributed by atoms with E-state index in [1.807, 2.05) is 0 Å². The molecule has 0 bridgehead atoms. The largest absolute Gasteiger partial charge is 0.459 e. The maximum Gasteiger partial charge on any atom is 0.303 e. The van der Waals surface area contributed by atoms with Crippen LogP contribution >= 0.6 is 0 Å². The molecule has 2 fully saturated rings. The number of ether oxygens (including phenoxy) is 3. The number of epoxide rings is 2. The minimum Gasteiger partial charge on any atom is -0.459 e. The number of carbonyl (C=O) groups is 1. The fourth-order valence-corrected chi connectivity index (χ4v) is 4.30. The minimum atomic E-state index is -0.231. The first-order valence-electron chi connectivity index (χ1n) is 10.0. The molecule has 3 aliphatic rings. The summed E-state index contributed by atoms with van der Waals surface area (Å²) in [7, 11) is 0. The molecule has 4 heteroatoms. The Bertz CT molecular complexity index is 601. The van der Waals surface area contributed by atoms with E-state index in [9.17, 15) is 4.79 Å². The molecule has 0 aromatic heterocycles. The van der Waals surface area contributed by atoms with Crippen molar-refractivity contribution in [3.05, 3.63) is 23.3 Å². The number of esters is 1. The van der Waals surface area contributed by atoms with Crippen molar-refractivity contribution in [1.82, 2.24) is 0 Å². The van der Waals surface area contributed by atoms with Crippen LogP contribution in [0.1, 0.15) is 73.1 Å². The second-order valence-electron chi connectivity index (χ2n) is 8.85. The van der Waals surface area contributed by atoms with Gasteiger partial charge in [0, 0.05) is 12.8 Å². The van der Waals surface area contributed by atoms with Gasteiger partial charge in [-0.1, -0.05) is 23.3 Å². The van der Waals surface area contributed by atoms with Gasteiger partial charge >= 0.3 is 5.97 Å². The number of rotatable bonds is 2. The van der Waals surface area contributed by atoms with Gasteiger partial charge < -0.3 is 14.2 Å². The summed E-state index contributed by atoms with van der Waals surface area (Å²) in [6.07, 6.45) is 10.6. The maximum atomic E-state index is 11.8. The van der Waals surface area contributed by atoms with Gasteiger partial charge in [-0.15, -0.1) is 0 Å². The normalized spacial score (nSPS) is 45.2. The molecule has 4 nitrogen and oxygen atoms in total. The zero-order valence-corrected chi connectivity index (χ0v) is 17.0. The summed E-state index contributed by atoms with van der Waals surface area (Å²) < 4.78 is 17.7. The molecular formula is C22H34O4. The second kappa shape index (κ2) is 7.47. The van der Waals surface area contributed by atoms with E-state index < -0.39 is 0 Å². The van der Waals surface area contributed by atoms with Crippen LogP contribution in [0.25, 0.3) is 0 Å². The highest BCUT2D eigenvalue weighted by Gasteiger charge is 2.63. The Morgan fingerprint density at radius 2 is 1.77 bits per heavy atom. The van der Waals surface area contributed by atoms with Gasteiger partial charge in [-0.25, -0.2) is 0 Å². The summed E-state index contributed by atoms with van der Waals surface area (Å²) in [5.41, 5.74) is 2.46. The average molecular weight is 363 g/mol. The van der Waals surface area contributed by atoms with E-state index in [2.05, 4.69) is 39.8 Å². The molecule has 0 aromatic carbocycles. The molecule has 2 heterocycles. The Balaban J connectivity index is 1.84. The Hall–Kier alpha value is -1.13. The monoisotopic (exact) mass is 362 g/mol. The molecule has 0 amide bonds. The third-order valence-electron chi connectivity index (χ3n) is 6.34. The molecule has 0 saturated carbocycles. The Labute approximate surface area is 158 Å². The maximum absolute atomic E-state index is 11.8. The number of carbonyl (C=O) groups excluding carboxylic acids is 1. The molecule has 0 aromatic rings. The highest BCUT2D eigenvalue weighted by Crippen LogP contribution is 2.50. The lowest BCUT2D eigenvalue weighted by Gasteiger charge is -2.30. The average Bonchev–Trinajstić information content (AvgIpc) is 3.44. The van der Waals surface area contributed by atoms with Gasteiger partial charge in [-0.3, -0.25) is 4.79 Å². The SMILES string of the molecule is CC(=O)OC1C(C2(C)CO2)CC/C(C)=C/CC/C(C)=C/CCC2(C)OC12. The van der Waals surface area contributed by atoms with E-state index in [0.29, 0.717) is 0 Å². The van der Waals surface area contributed by atoms with Crippen LogP contribution in [-0.4, -0.2) is 36.0 Å². The zero-order chi connectivity index (χ0) is 18.9. The van der Waals surface area contributed by atoms with Crippen LogP contribution in [0.2, 0.25) is 0 Å². The van der Waals surface area contributed by atoms with Crippen LogP contribution in [0.4, 0.5) is 0 Å². The minimum absolute atomic E-state index is 0.0293. The quantitative estimate of drug-likeness (QED) is 0.405. The van der Waals surface area contributed by atoms with E-state index in [0.717, 1.165) is 45.1 Å². The fraction of sp³-hybridized carbons (Fsp3) is 0.773. The zero-order valence-electron chi connectivity index (χ0n) is 17.0. The smallest absolute Gasteiger partial charge is 0.303 e. The lowest BCUT2D eigenvalue weighted by molar-refractivity contribution is -0.152. The summed E-state index contributed by atoms with van der Waals surface area (Å²) in [6, 6.07) is 0. The van der Waals surface area contributed by atoms with Crippen molar-refractivity contribution in [2.45, 2.75) is 96.6 Å². The first kappa shape index (κ1) is 19.6. The molecule has 5 atom stereocenters. The van der Waals surface area contributed by atoms with Crippen molar-refractivity contribution >= 4 is 5.97 Å². The second-order valence-corrected chi connectivity index (χ2v) is 8.85. The van der Waals surface area contributed by atoms with Crippen LogP contribution in [0.3, 0.4) is 0 Å². The standard InChI is InChI=1S/C22H34O4/c1-15-8-6-9-16(2)11-12-18(22(5)14-24-22)19(25-17(3)23)20-21(4,26-20)13-7-10-15/h9-10,18-20H,6-8,11-14H2,1-5H3/b15-10+,16-9+. The summed E-state index contributed by atoms with van der Waals surface area (Å²) in [6.45, 7) is 10.9. The summed E-state index contributed by atoms with van der Waals surface area (Å²) in [5.74, 6) is -0.0620. The topological polar surface area (TPSA) is 51.4 Å². The molecule has 146 valence electrons. The van der Waals surface area contributed by atoms with Crippen LogP contribution in [0.5, 0.6) is 0 Å². The van der Waals surface area contributed by atoms with Crippen molar-refractivity contribution in [2.24, 2.45) is 5.92 Å². The predicted octanol–water partition coefficient (Wildman–Crippen LogP) is 4.73. The van der Waals surface area contributed by atoms with Crippen LogP contribution in [-0.2, 0) is 19.0 Å². The molecule has 2 aliphatic heterocycles. The third kappa shape index (κ3) is 4.58. The predicted molar refractivity (Wildman–Crippen MR) is 102 cm³/mol. The summed E-state index contributed by atoms with van der Waals surface area (Å²) in [4.78, 5) is 11.8. The first-order valence-corrected chi connectivity index (χ1v) is 10.0. The van der Waals surface area contributed by atoms with Gasteiger partial charge in [-0.2, -0.15) is 0 Å². The van der Waals surface area contributed by atoms with E-state index >= 15 is 0 Å². The van der Waals surface area contributed by atoms with Gasteiger partial charge in [0.25, 0.3) is 0 Å². The lowest BCUT2D eigenvalue weighted by atomic mass is 9.80. The molecule has 2 saturated heterocycles. The molecular weight excluding hydrogens is 328 g/mol. The molecule has 3 rings (SSSR count). The molecule has 0 spiro atoms.